The highest BCUT2D eigenvalue weighted by molar-refractivity contribution is 5.90. The summed E-state index contributed by atoms with van der Waals surface area (Å²) < 4.78 is 5.82. The standard InChI is InChI=1S/C22H27N3O3/c1-23-21(26)18-12-13-25(16-18)22(27)24-19-10-5-11-20(15-19)28-14-6-9-17-7-3-2-4-8-17/h2-5,7-8,10-11,15,18H,6,9,12-14,16H2,1H3,(H,23,26)(H,24,27)/t18-/m0/s1. The minimum atomic E-state index is -0.187. The first-order valence-corrected chi connectivity index (χ1v) is 9.70. The predicted octanol–water partition coefficient (Wildman–Crippen LogP) is 3.30. The lowest BCUT2D eigenvalue weighted by molar-refractivity contribution is -0.124. The number of hydrogen-bond donors (Lipinski definition) is 2. The number of hydrogen-bond acceptors (Lipinski definition) is 3. The van der Waals surface area contributed by atoms with Gasteiger partial charge in [0.2, 0.25) is 5.91 Å². The summed E-state index contributed by atoms with van der Waals surface area (Å²) in [5, 5.41) is 5.54. The molecule has 0 bridgehead atoms. The summed E-state index contributed by atoms with van der Waals surface area (Å²) in [6.45, 7) is 1.65. The molecule has 3 amide bonds. The van der Waals surface area contributed by atoms with Gasteiger partial charge in [-0.25, -0.2) is 4.79 Å². The molecule has 0 spiro atoms. The van der Waals surface area contributed by atoms with Gasteiger partial charge in [0.15, 0.2) is 0 Å². The fourth-order valence-electron chi connectivity index (χ4n) is 3.34. The highest BCUT2D eigenvalue weighted by Crippen LogP contribution is 2.21. The molecule has 3 rings (SSSR count). The highest BCUT2D eigenvalue weighted by atomic mass is 16.5. The van der Waals surface area contributed by atoms with E-state index >= 15 is 0 Å². The van der Waals surface area contributed by atoms with Crippen LogP contribution < -0.4 is 15.4 Å². The van der Waals surface area contributed by atoms with Crippen LogP contribution in [0.25, 0.3) is 0 Å². The van der Waals surface area contributed by atoms with Crippen molar-refractivity contribution in [1.29, 1.82) is 0 Å². The Labute approximate surface area is 165 Å². The number of nitrogens with one attached hydrogen (secondary N) is 2. The van der Waals surface area contributed by atoms with E-state index in [2.05, 4.69) is 22.8 Å². The number of carbonyl (C=O) groups is 2. The molecule has 1 saturated heterocycles. The fourth-order valence-corrected chi connectivity index (χ4v) is 3.34. The lowest BCUT2D eigenvalue weighted by Gasteiger charge is -2.17. The quantitative estimate of drug-likeness (QED) is 0.723. The Hall–Kier alpha value is -3.02. The second kappa shape index (κ2) is 9.78. The van der Waals surface area contributed by atoms with Crippen molar-refractivity contribution in [2.24, 2.45) is 5.92 Å². The molecular formula is C22H27N3O3. The average Bonchev–Trinajstić information content (AvgIpc) is 3.22. The van der Waals surface area contributed by atoms with Crippen LogP contribution in [0.5, 0.6) is 5.75 Å². The van der Waals surface area contributed by atoms with Crippen LogP contribution in [-0.2, 0) is 11.2 Å². The number of aryl methyl sites for hydroxylation is 1. The Morgan fingerprint density at radius 2 is 1.96 bits per heavy atom. The first-order valence-electron chi connectivity index (χ1n) is 9.70. The van der Waals surface area contributed by atoms with Crippen molar-refractivity contribution in [1.82, 2.24) is 10.2 Å². The molecule has 1 aliphatic heterocycles. The van der Waals surface area contributed by atoms with E-state index in [4.69, 9.17) is 4.74 Å². The largest absolute Gasteiger partial charge is 0.494 e. The summed E-state index contributed by atoms with van der Waals surface area (Å²) in [7, 11) is 1.62. The topological polar surface area (TPSA) is 70.7 Å². The van der Waals surface area contributed by atoms with Gasteiger partial charge in [0.25, 0.3) is 0 Å². The zero-order valence-electron chi connectivity index (χ0n) is 16.2. The Morgan fingerprint density at radius 1 is 1.14 bits per heavy atom. The predicted molar refractivity (Wildman–Crippen MR) is 109 cm³/mol. The number of benzene rings is 2. The van der Waals surface area contributed by atoms with Crippen molar-refractivity contribution >= 4 is 17.6 Å². The maximum atomic E-state index is 12.4. The summed E-state index contributed by atoms with van der Waals surface area (Å²) in [5.74, 6) is 0.590. The van der Waals surface area contributed by atoms with Crippen molar-refractivity contribution in [3.05, 3.63) is 60.2 Å². The summed E-state index contributed by atoms with van der Waals surface area (Å²) in [6, 6.07) is 17.5. The van der Waals surface area contributed by atoms with Gasteiger partial charge in [-0.05, 0) is 37.0 Å². The summed E-state index contributed by atoms with van der Waals surface area (Å²) in [5.41, 5.74) is 1.99. The van der Waals surface area contributed by atoms with Gasteiger partial charge in [-0.3, -0.25) is 4.79 Å². The molecule has 0 aliphatic carbocycles. The number of urea groups is 1. The third-order valence-corrected chi connectivity index (χ3v) is 4.90. The number of likely N-dealkylation sites (tertiary alicyclic amines) is 1. The third-order valence-electron chi connectivity index (χ3n) is 4.90. The van der Waals surface area contributed by atoms with Crippen LogP contribution in [-0.4, -0.2) is 43.6 Å². The van der Waals surface area contributed by atoms with Gasteiger partial charge in [0.1, 0.15) is 5.75 Å². The molecule has 28 heavy (non-hydrogen) atoms. The molecule has 1 heterocycles. The average molecular weight is 381 g/mol. The van der Waals surface area contributed by atoms with Gasteiger partial charge in [0.05, 0.1) is 12.5 Å². The first kappa shape index (κ1) is 19.7. The lowest BCUT2D eigenvalue weighted by atomic mass is 10.1. The van der Waals surface area contributed by atoms with E-state index in [0.29, 0.717) is 31.8 Å². The van der Waals surface area contributed by atoms with Gasteiger partial charge >= 0.3 is 6.03 Å². The number of anilines is 1. The van der Waals surface area contributed by atoms with E-state index < -0.39 is 0 Å². The summed E-state index contributed by atoms with van der Waals surface area (Å²) in [4.78, 5) is 25.8. The molecular weight excluding hydrogens is 354 g/mol. The monoisotopic (exact) mass is 381 g/mol. The van der Waals surface area contributed by atoms with E-state index in [9.17, 15) is 9.59 Å². The molecule has 0 radical (unpaired) electrons. The fraction of sp³-hybridized carbons (Fsp3) is 0.364. The van der Waals surface area contributed by atoms with Crippen molar-refractivity contribution < 1.29 is 14.3 Å². The van der Waals surface area contributed by atoms with Crippen molar-refractivity contribution in [2.45, 2.75) is 19.3 Å². The van der Waals surface area contributed by atoms with Crippen LogP contribution in [0.15, 0.2) is 54.6 Å². The highest BCUT2D eigenvalue weighted by Gasteiger charge is 2.30. The molecule has 6 nitrogen and oxygen atoms in total. The Balaban J connectivity index is 1.45. The van der Waals surface area contributed by atoms with Crippen LogP contribution >= 0.6 is 0 Å². The molecule has 2 N–H and O–H groups in total. The van der Waals surface area contributed by atoms with E-state index in [1.165, 1.54) is 5.56 Å². The normalized spacial score (nSPS) is 15.9. The van der Waals surface area contributed by atoms with E-state index in [1.807, 2.05) is 42.5 Å². The minimum Gasteiger partial charge on any atom is -0.494 e. The second-order valence-electron chi connectivity index (χ2n) is 6.94. The Bertz CT molecular complexity index is 795. The molecule has 0 unspecified atom stereocenters. The smallest absolute Gasteiger partial charge is 0.321 e. The maximum Gasteiger partial charge on any atom is 0.321 e. The number of rotatable bonds is 7. The number of ether oxygens (including phenoxy) is 1. The van der Waals surface area contributed by atoms with E-state index in [-0.39, 0.29) is 17.9 Å². The number of carbonyl (C=O) groups excluding carboxylic acids is 2. The first-order chi connectivity index (χ1) is 13.7. The minimum absolute atomic E-state index is 0.0128. The zero-order valence-corrected chi connectivity index (χ0v) is 16.2. The molecule has 1 atom stereocenters. The molecule has 1 aliphatic rings. The van der Waals surface area contributed by atoms with Crippen LogP contribution in [0.2, 0.25) is 0 Å². The SMILES string of the molecule is CNC(=O)[C@H]1CCN(C(=O)Nc2cccc(OCCCc3ccccc3)c2)C1. The number of amides is 3. The molecule has 1 fully saturated rings. The summed E-state index contributed by atoms with van der Waals surface area (Å²) >= 11 is 0. The van der Waals surface area contributed by atoms with Gasteiger partial charge < -0.3 is 20.3 Å². The molecule has 0 saturated carbocycles. The van der Waals surface area contributed by atoms with Gasteiger partial charge in [-0.1, -0.05) is 36.4 Å². The van der Waals surface area contributed by atoms with Crippen LogP contribution in [0.1, 0.15) is 18.4 Å². The molecule has 6 heteroatoms. The molecule has 2 aromatic rings. The van der Waals surface area contributed by atoms with Gasteiger partial charge in [0, 0.05) is 31.9 Å². The van der Waals surface area contributed by atoms with Crippen LogP contribution in [0.3, 0.4) is 0 Å². The van der Waals surface area contributed by atoms with Gasteiger partial charge in [-0.2, -0.15) is 0 Å². The number of nitrogens with zero attached hydrogens (tertiary/aromatic N) is 1. The Kier molecular flexibility index (Phi) is 6.89. The second-order valence-corrected chi connectivity index (χ2v) is 6.94. The maximum absolute atomic E-state index is 12.4. The van der Waals surface area contributed by atoms with Crippen molar-refractivity contribution in [3.63, 3.8) is 0 Å². The zero-order chi connectivity index (χ0) is 19.8. The van der Waals surface area contributed by atoms with Gasteiger partial charge in [-0.15, -0.1) is 0 Å². The Morgan fingerprint density at radius 3 is 2.75 bits per heavy atom. The van der Waals surface area contributed by atoms with Crippen LogP contribution in [0, 0.1) is 5.92 Å². The van der Waals surface area contributed by atoms with Crippen LogP contribution in [0.4, 0.5) is 10.5 Å². The third kappa shape index (κ3) is 5.49. The lowest BCUT2D eigenvalue weighted by Crippen LogP contribution is -2.35. The van der Waals surface area contributed by atoms with E-state index in [0.717, 1.165) is 18.6 Å². The van der Waals surface area contributed by atoms with Crippen molar-refractivity contribution in [3.8, 4) is 5.75 Å². The van der Waals surface area contributed by atoms with Crippen molar-refractivity contribution in [2.75, 3.05) is 32.1 Å². The molecule has 2 aromatic carbocycles. The molecule has 148 valence electrons. The molecule has 0 aromatic heterocycles. The summed E-state index contributed by atoms with van der Waals surface area (Å²) in [6.07, 6.45) is 2.59. The van der Waals surface area contributed by atoms with E-state index in [1.54, 1.807) is 11.9 Å².